The zero-order valence-electron chi connectivity index (χ0n) is 59.1. The zero-order chi connectivity index (χ0) is 70.3. The summed E-state index contributed by atoms with van der Waals surface area (Å²) in [6.45, 7) is 8.69. The minimum atomic E-state index is -0.701. The van der Waals surface area contributed by atoms with Crippen LogP contribution in [0, 0.1) is 27.7 Å². The van der Waals surface area contributed by atoms with E-state index < -0.39 is 5.41 Å². The first-order valence-corrected chi connectivity index (χ1v) is 36.4. The molecule has 4 heteroatoms. The highest BCUT2D eigenvalue weighted by atomic mass is 15.1. The van der Waals surface area contributed by atoms with Gasteiger partial charge < -0.3 is 18.9 Å². The van der Waals surface area contributed by atoms with Crippen molar-refractivity contribution in [3.8, 4) is 67.0 Å². The largest absolute Gasteiger partial charge is 0.311 e. The van der Waals surface area contributed by atoms with E-state index in [-0.39, 0.29) is 0 Å². The molecule has 0 radical (unpaired) electrons. The number of benzene rings is 16. The molecule has 0 amide bonds. The van der Waals surface area contributed by atoms with Crippen LogP contribution >= 0.6 is 0 Å². The fourth-order valence-electron chi connectivity index (χ4n) is 16.7. The Labute approximate surface area is 613 Å². The lowest BCUT2D eigenvalue weighted by Crippen LogP contribution is -2.29. The number of fused-ring (bicyclic) bond motifs is 9. The van der Waals surface area contributed by atoms with Crippen molar-refractivity contribution >= 4 is 77.7 Å². The maximum Gasteiger partial charge on any atom is 0.0715 e. The molecule has 4 nitrogen and oxygen atoms in total. The van der Waals surface area contributed by atoms with Crippen molar-refractivity contribution < 1.29 is 0 Å². The van der Waals surface area contributed by atoms with E-state index in [0.717, 1.165) is 51.0 Å². The van der Waals surface area contributed by atoms with Gasteiger partial charge in [-0.1, -0.05) is 253 Å². The van der Waals surface area contributed by atoms with E-state index in [0.29, 0.717) is 0 Å². The smallest absolute Gasteiger partial charge is 0.0715 e. The van der Waals surface area contributed by atoms with Gasteiger partial charge >= 0.3 is 0 Å². The van der Waals surface area contributed by atoms with Gasteiger partial charge in [0.25, 0.3) is 0 Å². The molecular formula is C101H74N4. The van der Waals surface area contributed by atoms with Crippen LogP contribution in [0.15, 0.2) is 376 Å². The van der Waals surface area contributed by atoms with E-state index in [2.05, 4.69) is 423 Å². The van der Waals surface area contributed by atoms with Gasteiger partial charge in [0.1, 0.15) is 0 Å². The lowest BCUT2D eigenvalue weighted by Gasteiger charge is -2.35. The Hall–Kier alpha value is -13.3. The van der Waals surface area contributed by atoms with Crippen molar-refractivity contribution in [1.29, 1.82) is 0 Å². The average Bonchev–Trinajstić information content (AvgIpc) is 1.54. The summed E-state index contributed by atoms with van der Waals surface area (Å²) in [7, 11) is 0. The highest BCUT2D eigenvalue weighted by Gasteiger charge is 2.47. The highest BCUT2D eigenvalue weighted by molar-refractivity contribution is 6.13. The van der Waals surface area contributed by atoms with Gasteiger partial charge in [-0.2, -0.15) is 0 Å². The van der Waals surface area contributed by atoms with Crippen molar-refractivity contribution in [3.63, 3.8) is 0 Å². The third-order valence-electron chi connectivity index (χ3n) is 21.8. The molecular weight excluding hydrogens is 1270 g/mol. The number of anilines is 6. The van der Waals surface area contributed by atoms with Crippen LogP contribution in [0.25, 0.3) is 111 Å². The van der Waals surface area contributed by atoms with Crippen LogP contribution < -0.4 is 9.80 Å². The normalized spacial score (nSPS) is 12.3. The Morgan fingerprint density at radius 1 is 0.210 bits per heavy atom. The van der Waals surface area contributed by atoms with Crippen LogP contribution in [-0.4, -0.2) is 9.13 Å². The van der Waals surface area contributed by atoms with Crippen molar-refractivity contribution in [2.75, 3.05) is 9.80 Å². The van der Waals surface area contributed by atoms with Crippen LogP contribution in [-0.2, 0) is 5.41 Å². The molecule has 498 valence electrons. The number of aromatic nitrogens is 2. The standard InChI is InChI=1S/C101H74N4/c1-67-25-41-81(42-26-67)102(82-43-27-68(2)28-44-82)83-45-35-75(36-46-83)76-37-51-86(52-38-76)104-97-57-29-69(3)61-91(97)93-63-77(39-59-99(93)104)78-40-60-100-94(64-78)92-62-70(4)30-58-98(92)105(100)88-54-56-90-89-55-53-87(65-95(89)101(96(90)66-88,79-21-13-7-14-22-79)80-23-15-8-16-24-80)103(84-47-31-73(32-48-84)71-17-9-5-10-18-71)85-49-33-74(34-50-85)72-19-11-6-12-20-72/h5-66H,1-4H3. The minimum Gasteiger partial charge on any atom is -0.311 e. The predicted molar refractivity (Wildman–Crippen MR) is 442 cm³/mol. The quantitative estimate of drug-likeness (QED) is 0.108. The van der Waals surface area contributed by atoms with E-state index >= 15 is 0 Å². The summed E-state index contributed by atoms with van der Waals surface area (Å²) in [6, 6.07) is 140. The van der Waals surface area contributed by atoms with Gasteiger partial charge in [-0.15, -0.1) is 0 Å². The molecule has 2 heterocycles. The molecule has 0 unspecified atom stereocenters. The molecule has 0 fully saturated rings. The van der Waals surface area contributed by atoms with E-state index in [9.17, 15) is 0 Å². The molecule has 18 aromatic rings. The topological polar surface area (TPSA) is 16.3 Å². The first kappa shape index (κ1) is 62.7. The summed E-state index contributed by atoms with van der Waals surface area (Å²) in [6.07, 6.45) is 0. The first-order chi connectivity index (χ1) is 51.7. The Kier molecular flexibility index (Phi) is 15.3. The van der Waals surface area contributed by atoms with Crippen molar-refractivity contribution in [3.05, 3.63) is 421 Å². The van der Waals surface area contributed by atoms with Gasteiger partial charge in [0, 0.05) is 67.0 Å². The number of hydrogen-bond donors (Lipinski definition) is 0. The van der Waals surface area contributed by atoms with Gasteiger partial charge in [-0.05, 0) is 251 Å². The SMILES string of the molecule is Cc1ccc(N(c2ccc(C)cc2)c2ccc(-c3ccc(-n4c5ccc(C)cc5c5cc(-c6ccc7c(c6)c6cc(C)ccc6n7-c6ccc7c(c6)C(c6ccccc6)(c6ccccc6)c6cc(N(c8ccc(-c9ccccc9)cc8)c8ccc(-c9ccccc9)cc8)ccc6-7)ccc54)cc3)cc2)cc1. The van der Waals surface area contributed by atoms with Gasteiger partial charge in [0.2, 0.25) is 0 Å². The molecule has 1 aliphatic carbocycles. The third-order valence-corrected chi connectivity index (χ3v) is 21.8. The Balaban J connectivity index is 0.701. The maximum atomic E-state index is 2.51. The van der Waals surface area contributed by atoms with Crippen molar-refractivity contribution in [1.82, 2.24) is 9.13 Å². The van der Waals surface area contributed by atoms with E-state index in [1.807, 2.05) is 0 Å². The first-order valence-electron chi connectivity index (χ1n) is 36.4. The van der Waals surface area contributed by atoms with Crippen LogP contribution in [0.2, 0.25) is 0 Å². The summed E-state index contributed by atoms with van der Waals surface area (Å²) < 4.78 is 4.95. The second-order valence-corrected chi connectivity index (χ2v) is 28.4. The van der Waals surface area contributed by atoms with Crippen LogP contribution in [0.1, 0.15) is 44.5 Å². The maximum absolute atomic E-state index is 2.51. The highest BCUT2D eigenvalue weighted by Crippen LogP contribution is 2.58. The summed E-state index contributed by atoms with van der Waals surface area (Å²) in [5.74, 6) is 0. The molecule has 0 saturated heterocycles. The van der Waals surface area contributed by atoms with Gasteiger partial charge in [0.05, 0.1) is 27.5 Å². The van der Waals surface area contributed by atoms with Crippen molar-refractivity contribution in [2.45, 2.75) is 33.1 Å². The Bertz CT molecular complexity index is 6130. The van der Waals surface area contributed by atoms with Crippen molar-refractivity contribution in [2.24, 2.45) is 0 Å². The second-order valence-electron chi connectivity index (χ2n) is 28.4. The predicted octanol–water partition coefficient (Wildman–Crippen LogP) is 27.1. The van der Waals surface area contributed by atoms with Gasteiger partial charge in [-0.25, -0.2) is 0 Å². The minimum absolute atomic E-state index is 0.701. The number of hydrogen-bond acceptors (Lipinski definition) is 2. The Morgan fingerprint density at radius 2 is 0.495 bits per heavy atom. The molecule has 2 aromatic heterocycles. The third kappa shape index (κ3) is 10.8. The summed E-state index contributed by atoms with van der Waals surface area (Å²) in [4.78, 5) is 4.76. The number of aryl methyl sites for hydroxylation is 4. The molecule has 105 heavy (non-hydrogen) atoms. The molecule has 19 rings (SSSR count). The molecule has 1 aliphatic rings. The van der Waals surface area contributed by atoms with Gasteiger partial charge in [-0.3, -0.25) is 0 Å². The van der Waals surface area contributed by atoms with E-state index in [1.54, 1.807) is 0 Å². The molecule has 0 aliphatic heterocycles. The lowest BCUT2D eigenvalue weighted by atomic mass is 9.67. The molecule has 0 bridgehead atoms. The molecule has 16 aromatic carbocycles. The van der Waals surface area contributed by atoms with Crippen LogP contribution in [0.4, 0.5) is 34.1 Å². The number of nitrogens with zero attached hydrogens (tertiary/aromatic N) is 4. The van der Waals surface area contributed by atoms with Crippen LogP contribution in [0.5, 0.6) is 0 Å². The zero-order valence-corrected chi connectivity index (χ0v) is 59.1. The second kappa shape index (κ2) is 25.7. The van der Waals surface area contributed by atoms with Gasteiger partial charge in [0.15, 0.2) is 0 Å². The monoisotopic (exact) mass is 1340 g/mol. The lowest BCUT2D eigenvalue weighted by molar-refractivity contribution is 0.767. The summed E-state index contributed by atoms with van der Waals surface area (Å²) >= 11 is 0. The fourth-order valence-corrected chi connectivity index (χ4v) is 16.7. The molecule has 0 N–H and O–H groups in total. The van der Waals surface area contributed by atoms with E-state index in [1.165, 1.54) is 138 Å². The van der Waals surface area contributed by atoms with E-state index in [4.69, 9.17) is 0 Å². The average molecular weight is 1340 g/mol. The van der Waals surface area contributed by atoms with Crippen LogP contribution in [0.3, 0.4) is 0 Å². The summed E-state index contributed by atoms with van der Waals surface area (Å²) in [5, 5.41) is 4.91. The molecule has 0 saturated carbocycles. The summed E-state index contributed by atoms with van der Waals surface area (Å²) in [5.41, 5.74) is 34.6. The molecule has 0 atom stereocenters. The fraction of sp³-hybridized carbons (Fsp3) is 0.0495. The Morgan fingerprint density at radius 3 is 0.914 bits per heavy atom. The molecule has 0 spiro atoms. The number of rotatable bonds is 14.